The minimum atomic E-state index is -4.53. The third kappa shape index (κ3) is 3.00. The van der Waals surface area contributed by atoms with Gasteiger partial charge in [0, 0.05) is 19.2 Å². The van der Waals surface area contributed by atoms with E-state index in [2.05, 4.69) is 10.4 Å². The summed E-state index contributed by atoms with van der Waals surface area (Å²) in [5, 5.41) is 7.61. The van der Waals surface area contributed by atoms with Crippen LogP contribution in [0.3, 0.4) is 0 Å². The van der Waals surface area contributed by atoms with Gasteiger partial charge >= 0.3 is 6.18 Å². The third-order valence-electron chi connectivity index (χ3n) is 2.63. The second-order valence-electron chi connectivity index (χ2n) is 4.01. The Kier molecular flexibility index (Phi) is 3.55. The Morgan fingerprint density at radius 1 is 1.61 bits per heavy atom. The smallest absolute Gasteiger partial charge is 0.376 e. The summed E-state index contributed by atoms with van der Waals surface area (Å²) in [5.41, 5.74) is -1.31. The zero-order valence-corrected chi connectivity index (χ0v) is 9.38. The first-order valence-electron chi connectivity index (χ1n) is 5.49. The maximum absolute atomic E-state index is 12.3. The highest BCUT2D eigenvalue weighted by Crippen LogP contribution is 2.27. The summed E-state index contributed by atoms with van der Waals surface area (Å²) in [4.78, 5) is 11.5. The molecule has 1 atom stereocenters. The minimum absolute atomic E-state index is 0.0602. The zero-order chi connectivity index (χ0) is 13.2. The molecule has 1 aromatic rings. The van der Waals surface area contributed by atoms with Gasteiger partial charge in [-0.05, 0) is 12.8 Å². The first-order valence-corrected chi connectivity index (χ1v) is 5.49. The molecule has 0 aliphatic carbocycles. The second kappa shape index (κ2) is 4.97. The zero-order valence-electron chi connectivity index (χ0n) is 9.38. The fourth-order valence-electron chi connectivity index (χ4n) is 1.69. The minimum Gasteiger partial charge on any atom is -0.376 e. The third-order valence-corrected chi connectivity index (χ3v) is 2.63. The number of hydrogen-bond donors (Lipinski definition) is 2. The van der Waals surface area contributed by atoms with Crippen LogP contribution in [0.1, 0.15) is 29.0 Å². The Balaban J connectivity index is 1.90. The number of nitrogens with zero attached hydrogens (tertiary/aromatic N) is 1. The number of halogens is 3. The van der Waals surface area contributed by atoms with Gasteiger partial charge in [-0.1, -0.05) is 0 Å². The molecule has 5 nitrogen and oxygen atoms in total. The summed E-state index contributed by atoms with van der Waals surface area (Å²) >= 11 is 0. The summed E-state index contributed by atoms with van der Waals surface area (Å²) in [7, 11) is 0. The Morgan fingerprint density at radius 3 is 2.94 bits per heavy atom. The van der Waals surface area contributed by atoms with Crippen LogP contribution >= 0.6 is 0 Å². The Morgan fingerprint density at radius 2 is 2.39 bits per heavy atom. The lowest BCUT2D eigenvalue weighted by atomic mass is 10.2. The van der Waals surface area contributed by atoms with E-state index in [0.29, 0.717) is 12.7 Å². The predicted molar refractivity (Wildman–Crippen MR) is 54.9 cm³/mol. The molecule has 1 aromatic heterocycles. The number of carbonyl (C=O) groups is 1. The van der Waals surface area contributed by atoms with E-state index in [0.717, 1.165) is 12.8 Å². The highest BCUT2D eigenvalue weighted by atomic mass is 19.4. The molecule has 1 aliphatic heterocycles. The van der Waals surface area contributed by atoms with E-state index < -0.39 is 17.8 Å². The number of nitrogens with one attached hydrogen (secondary N) is 2. The maximum atomic E-state index is 12.3. The number of aromatic nitrogens is 2. The molecular weight excluding hydrogens is 251 g/mol. The van der Waals surface area contributed by atoms with E-state index in [1.807, 2.05) is 0 Å². The van der Waals surface area contributed by atoms with Crippen LogP contribution in [0.5, 0.6) is 0 Å². The first kappa shape index (κ1) is 12.9. The van der Waals surface area contributed by atoms with Gasteiger partial charge in [0.05, 0.1) is 6.10 Å². The van der Waals surface area contributed by atoms with Crippen molar-refractivity contribution in [2.45, 2.75) is 25.1 Å². The number of carbonyl (C=O) groups excluding carboxylic acids is 1. The van der Waals surface area contributed by atoms with Gasteiger partial charge in [0.2, 0.25) is 0 Å². The summed E-state index contributed by atoms with van der Waals surface area (Å²) < 4.78 is 42.1. The normalized spacial score (nSPS) is 20.1. The molecule has 1 amide bonds. The maximum Gasteiger partial charge on any atom is 0.432 e. The van der Waals surface area contributed by atoms with Crippen molar-refractivity contribution in [1.29, 1.82) is 0 Å². The quantitative estimate of drug-likeness (QED) is 0.864. The van der Waals surface area contributed by atoms with E-state index in [1.165, 1.54) is 0 Å². The molecule has 0 aromatic carbocycles. The monoisotopic (exact) mass is 263 g/mol. The van der Waals surface area contributed by atoms with Crippen LogP contribution in [0.15, 0.2) is 6.07 Å². The van der Waals surface area contributed by atoms with Crippen molar-refractivity contribution in [3.05, 3.63) is 17.5 Å². The van der Waals surface area contributed by atoms with Crippen molar-refractivity contribution >= 4 is 5.91 Å². The molecule has 1 aliphatic rings. The molecule has 100 valence electrons. The van der Waals surface area contributed by atoms with Gasteiger partial charge in [0.25, 0.3) is 5.91 Å². The number of hydrogen-bond acceptors (Lipinski definition) is 3. The standard InChI is InChI=1S/C10H12F3N3O2/c11-10(12,13)8-4-7(15-16-8)9(17)14-5-6-2-1-3-18-6/h4,6H,1-3,5H2,(H,14,17)(H,15,16). The molecule has 0 radical (unpaired) electrons. The van der Waals surface area contributed by atoms with Gasteiger partial charge in [-0.3, -0.25) is 9.89 Å². The van der Waals surface area contributed by atoms with Crippen molar-refractivity contribution in [2.75, 3.05) is 13.2 Å². The van der Waals surface area contributed by atoms with Crippen molar-refractivity contribution in [3.63, 3.8) is 0 Å². The lowest BCUT2D eigenvalue weighted by molar-refractivity contribution is -0.141. The Bertz CT molecular complexity index is 424. The fourth-order valence-corrected chi connectivity index (χ4v) is 1.69. The number of amides is 1. The van der Waals surface area contributed by atoms with Crippen molar-refractivity contribution < 1.29 is 22.7 Å². The largest absolute Gasteiger partial charge is 0.432 e. The van der Waals surface area contributed by atoms with Crippen LogP contribution in [-0.4, -0.2) is 35.4 Å². The van der Waals surface area contributed by atoms with Crippen molar-refractivity contribution in [3.8, 4) is 0 Å². The van der Waals surface area contributed by atoms with E-state index in [4.69, 9.17) is 4.74 Å². The van der Waals surface area contributed by atoms with Crippen molar-refractivity contribution in [1.82, 2.24) is 15.5 Å². The number of alkyl halides is 3. The summed E-state index contributed by atoms with van der Waals surface area (Å²) in [6.45, 7) is 0.939. The van der Waals surface area contributed by atoms with Gasteiger partial charge in [0.1, 0.15) is 5.69 Å². The average Bonchev–Trinajstić information content (AvgIpc) is 2.96. The Labute approximate surface area is 101 Å². The van der Waals surface area contributed by atoms with Crippen LogP contribution in [0, 0.1) is 0 Å². The molecule has 2 rings (SSSR count). The predicted octanol–water partition coefficient (Wildman–Crippen LogP) is 1.34. The van der Waals surface area contributed by atoms with Crippen LogP contribution < -0.4 is 5.32 Å². The van der Waals surface area contributed by atoms with Crippen LogP contribution in [-0.2, 0) is 10.9 Å². The Hall–Kier alpha value is -1.57. The molecular formula is C10H12F3N3O2. The number of rotatable bonds is 3. The van der Waals surface area contributed by atoms with Gasteiger partial charge in [-0.2, -0.15) is 18.3 Å². The van der Waals surface area contributed by atoms with Gasteiger partial charge in [-0.15, -0.1) is 0 Å². The molecule has 0 spiro atoms. The summed E-state index contributed by atoms with van der Waals surface area (Å²) in [6, 6.07) is 0.685. The molecule has 0 bridgehead atoms. The fraction of sp³-hybridized carbons (Fsp3) is 0.600. The van der Waals surface area contributed by atoms with Gasteiger partial charge < -0.3 is 10.1 Å². The topological polar surface area (TPSA) is 67.0 Å². The van der Waals surface area contributed by atoms with E-state index >= 15 is 0 Å². The molecule has 2 N–H and O–H groups in total. The molecule has 2 heterocycles. The van der Waals surface area contributed by atoms with Crippen molar-refractivity contribution in [2.24, 2.45) is 0 Å². The molecule has 1 saturated heterocycles. The second-order valence-corrected chi connectivity index (χ2v) is 4.01. The van der Waals surface area contributed by atoms with E-state index in [1.54, 1.807) is 5.10 Å². The molecule has 1 fully saturated rings. The van der Waals surface area contributed by atoms with E-state index in [-0.39, 0.29) is 18.3 Å². The van der Waals surface area contributed by atoms with Crippen LogP contribution in [0.2, 0.25) is 0 Å². The molecule has 8 heteroatoms. The highest BCUT2D eigenvalue weighted by molar-refractivity contribution is 5.92. The first-order chi connectivity index (χ1) is 8.47. The van der Waals surface area contributed by atoms with Gasteiger partial charge in [0.15, 0.2) is 5.69 Å². The summed E-state index contributed by atoms with van der Waals surface area (Å²) in [5.74, 6) is -0.641. The number of aromatic amines is 1. The SMILES string of the molecule is O=C(NCC1CCCO1)c1cc(C(F)(F)F)[nH]n1. The lowest BCUT2D eigenvalue weighted by Crippen LogP contribution is -2.31. The number of H-pyrrole nitrogens is 1. The van der Waals surface area contributed by atoms with Crippen LogP contribution in [0.25, 0.3) is 0 Å². The van der Waals surface area contributed by atoms with E-state index in [9.17, 15) is 18.0 Å². The lowest BCUT2D eigenvalue weighted by Gasteiger charge is -2.09. The average molecular weight is 263 g/mol. The molecule has 18 heavy (non-hydrogen) atoms. The van der Waals surface area contributed by atoms with Gasteiger partial charge in [-0.25, -0.2) is 0 Å². The highest BCUT2D eigenvalue weighted by Gasteiger charge is 2.33. The summed E-state index contributed by atoms with van der Waals surface area (Å²) in [6.07, 6.45) is -2.81. The molecule has 1 unspecified atom stereocenters. The number of ether oxygens (including phenoxy) is 1. The van der Waals surface area contributed by atoms with Crippen LogP contribution in [0.4, 0.5) is 13.2 Å². The molecule has 0 saturated carbocycles.